The average Bonchev–Trinajstić information content (AvgIpc) is 3.08. The number of carbonyl (C=O) groups is 2. The number of hydrogen-bond donors (Lipinski definition) is 1. The van der Waals surface area contributed by atoms with Crippen molar-refractivity contribution in [1.82, 2.24) is 9.80 Å². The zero-order valence-corrected chi connectivity index (χ0v) is 10.5. The molecule has 18 heavy (non-hydrogen) atoms. The molecule has 2 heterocycles. The SMILES string of the molecule is O=C(O)C1CC1C(=O)N1CCCN2CCCC2C1. The number of nitrogens with zero attached hydrogens (tertiary/aromatic N) is 2. The van der Waals surface area contributed by atoms with Crippen LogP contribution in [-0.2, 0) is 9.59 Å². The summed E-state index contributed by atoms with van der Waals surface area (Å²) in [7, 11) is 0. The van der Waals surface area contributed by atoms with E-state index in [-0.39, 0.29) is 11.8 Å². The van der Waals surface area contributed by atoms with E-state index in [1.165, 1.54) is 12.8 Å². The Morgan fingerprint density at radius 1 is 1.06 bits per heavy atom. The van der Waals surface area contributed by atoms with Crippen LogP contribution in [0.25, 0.3) is 0 Å². The monoisotopic (exact) mass is 252 g/mol. The van der Waals surface area contributed by atoms with Gasteiger partial charge in [-0.1, -0.05) is 0 Å². The lowest BCUT2D eigenvalue weighted by molar-refractivity contribution is -0.142. The molecule has 3 aliphatic rings. The molecular formula is C13H20N2O3. The van der Waals surface area contributed by atoms with Gasteiger partial charge >= 0.3 is 5.97 Å². The first-order valence-corrected chi connectivity index (χ1v) is 6.92. The van der Waals surface area contributed by atoms with E-state index < -0.39 is 11.9 Å². The van der Waals surface area contributed by atoms with Crippen LogP contribution < -0.4 is 0 Å². The van der Waals surface area contributed by atoms with Gasteiger partial charge < -0.3 is 10.0 Å². The molecule has 0 aromatic rings. The summed E-state index contributed by atoms with van der Waals surface area (Å²) in [6.45, 7) is 3.85. The van der Waals surface area contributed by atoms with Gasteiger partial charge in [0, 0.05) is 25.7 Å². The maximum Gasteiger partial charge on any atom is 0.307 e. The summed E-state index contributed by atoms with van der Waals surface area (Å²) in [6, 6.07) is 0.512. The molecule has 5 heteroatoms. The zero-order valence-electron chi connectivity index (χ0n) is 10.5. The molecule has 5 nitrogen and oxygen atoms in total. The second kappa shape index (κ2) is 4.53. The number of amides is 1. The Balaban J connectivity index is 1.62. The summed E-state index contributed by atoms with van der Waals surface area (Å²) in [5.41, 5.74) is 0. The smallest absolute Gasteiger partial charge is 0.307 e. The molecule has 3 unspecified atom stereocenters. The first kappa shape index (κ1) is 12.0. The summed E-state index contributed by atoms with van der Waals surface area (Å²) in [6.07, 6.45) is 3.97. The van der Waals surface area contributed by atoms with E-state index >= 15 is 0 Å². The van der Waals surface area contributed by atoms with E-state index in [0.29, 0.717) is 12.5 Å². The lowest BCUT2D eigenvalue weighted by Crippen LogP contribution is -2.40. The van der Waals surface area contributed by atoms with Gasteiger partial charge in [0.1, 0.15) is 0 Å². The lowest BCUT2D eigenvalue weighted by Gasteiger charge is -2.25. The first-order valence-electron chi connectivity index (χ1n) is 6.92. The van der Waals surface area contributed by atoms with Gasteiger partial charge in [-0.15, -0.1) is 0 Å². The van der Waals surface area contributed by atoms with Crippen molar-refractivity contribution in [2.75, 3.05) is 26.2 Å². The van der Waals surface area contributed by atoms with Gasteiger partial charge in [-0.05, 0) is 32.2 Å². The Labute approximate surface area is 107 Å². The third-order valence-electron chi connectivity index (χ3n) is 4.54. The van der Waals surface area contributed by atoms with E-state index in [1.807, 2.05) is 4.90 Å². The van der Waals surface area contributed by atoms with Crippen molar-refractivity contribution < 1.29 is 14.7 Å². The fourth-order valence-corrected chi connectivity index (χ4v) is 3.38. The van der Waals surface area contributed by atoms with Crippen LogP contribution in [0.15, 0.2) is 0 Å². The van der Waals surface area contributed by atoms with Gasteiger partial charge in [0.15, 0.2) is 0 Å². The van der Waals surface area contributed by atoms with Gasteiger partial charge in [0.25, 0.3) is 0 Å². The minimum Gasteiger partial charge on any atom is -0.481 e. The number of hydrogen-bond acceptors (Lipinski definition) is 3. The summed E-state index contributed by atoms with van der Waals surface area (Å²) >= 11 is 0. The van der Waals surface area contributed by atoms with E-state index in [0.717, 1.165) is 32.6 Å². The molecule has 2 aliphatic heterocycles. The molecule has 100 valence electrons. The van der Waals surface area contributed by atoms with Crippen molar-refractivity contribution in [3.8, 4) is 0 Å². The van der Waals surface area contributed by atoms with E-state index in [9.17, 15) is 9.59 Å². The lowest BCUT2D eigenvalue weighted by atomic mass is 10.2. The minimum atomic E-state index is -0.814. The Hall–Kier alpha value is -1.10. The van der Waals surface area contributed by atoms with Crippen molar-refractivity contribution in [3.63, 3.8) is 0 Å². The largest absolute Gasteiger partial charge is 0.481 e. The fourth-order valence-electron chi connectivity index (χ4n) is 3.38. The maximum atomic E-state index is 12.3. The Morgan fingerprint density at radius 3 is 2.56 bits per heavy atom. The molecule has 0 aromatic carbocycles. The molecule has 3 rings (SSSR count). The summed E-state index contributed by atoms with van der Waals surface area (Å²) < 4.78 is 0. The third kappa shape index (κ3) is 2.11. The van der Waals surface area contributed by atoms with Gasteiger partial charge in [0.05, 0.1) is 11.8 Å². The third-order valence-corrected chi connectivity index (χ3v) is 4.54. The molecule has 0 aromatic heterocycles. The fraction of sp³-hybridized carbons (Fsp3) is 0.846. The normalized spacial score (nSPS) is 36.0. The summed E-state index contributed by atoms with van der Waals surface area (Å²) in [4.78, 5) is 27.5. The molecule has 1 amide bonds. The highest BCUT2D eigenvalue weighted by molar-refractivity contribution is 5.89. The number of carbonyl (C=O) groups excluding carboxylic acids is 1. The Bertz CT molecular complexity index is 371. The van der Waals surface area contributed by atoms with Gasteiger partial charge in [-0.3, -0.25) is 14.5 Å². The first-order chi connectivity index (χ1) is 8.66. The number of rotatable bonds is 2. The molecule has 3 atom stereocenters. The van der Waals surface area contributed by atoms with Crippen molar-refractivity contribution in [2.45, 2.75) is 31.7 Å². The number of carboxylic acids is 1. The van der Waals surface area contributed by atoms with Crippen LogP contribution in [0.4, 0.5) is 0 Å². The predicted molar refractivity (Wildman–Crippen MR) is 65.0 cm³/mol. The van der Waals surface area contributed by atoms with Crippen molar-refractivity contribution >= 4 is 11.9 Å². The van der Waals surface area contributed by atoms with Crippen molar-refractivity contribution in [2.24, 2.45) is 11.8 Å². The molecule has 1 aliphatic carbocycles. The minimum absolute atomic E-state index is 0.0798. The molecule has 1 N–H and O–H groups in total. The van der Waals surface area contributed by atoms with Crippen LogP contribution in [0.3, 0.4) is 0 Å². The summed E-state index contributed by atoms with van der Waals surface area (Å²) in [5.74, 6) is -1.39. The van der Waals surface area contributed by atoms with Crippen LogP contribution in [0, 0.1) is 11.8 Å². The number of fused-ring (bicyclic) bond motifs is 1. The van der Waals surface area contributed by atoms with Crippen LogP contribution in [0.2, 0.25) is 0 Å². The molecule has 0 bridgehead atoms. The van der Waals surface area contributed by atoms with E-state index in [4.69, 9.17) is 5.11 Å². The van der Waals surface area contributed by atoms with Crippen LogP contribution in [0.5, 0.6) is 0 Å². The summed E-state index contributed by atoms with van der Waals surface area (Å²) in [5, 5.41) is 8.90. The zero-order chi connectivity index (χ0) is 12.7. The number of aliphatic carboxylic acids is 1. The van der Waals surface area contributed by atoms with Gasteiger partial charge in [-0.2, -0.15) is 0 Å². The van der Waals surface area contributed by atoms with Crippen LogP contribution in [0.1, 0.15) is 25.7 Å². The highest BCUT2D eigenvalue weighted by atomic mass is 16.4. The molecule has 2 saturated heterocycles. The number of carboxylic acid groups (broad SMARTS) is 1. The second-order valence-electron chi connectivity index (χ2n) is 5.76. The molecule has 1 saturated carbocycles. The van der Waals surface area contributed by atoms with Crippen molar-refractivity contribution in [3.05, 3.63) is 0 Å². The van der Waals surface area contributed by atoms with Crippen molar-refractivity contribution in [1.29, 1.82) is 0 Å². The van der Waals surface area contributed by atoms with Crippen LogP contribution >= 0.6 is 0 Å². The highest BCUT2D eigenvalue weighted by Crippen LogP contribution is 2.40. The standard InChI is InChI=1S/C13H20N2O3/c16-12(10-7-11(10)13(17)18)15-6-2-5-14-4-1-3-9(14)8-15/h9-11H,1-8H2,(H,17,18). The Morgan fingerprint density at radius 2 is 1.83 bits per heavy atom. The average molecular weight is 252 g/mol. The van der Waals surface area contributed by atoms with Crippen LogP contribution in [-0.4, -0.2) is 59.0 Å². The molecule has 3 fully saturated rings. The molecule has 0 radical (unpaired) electrons. The van der Waals surface area contributed by atoms with E-state index in [2.05, 4.69) is 4.90 Å². The molecule has 0 spiro atoms. The quantitative estimate of drug-likeness (QED) is 0.773. The van der Waals surface area contributed by atoms with Gasteiger partial charge in [-0.25, -0.2) is 0 Å². The maximum absolute atomic E-state index is 12.3. The van der Waals surface area contributed by atoms with Gasteiger partial charge in [0.2, 0.25) is 5.91 Å². The van der Waals surface area contributed by atoms with E-state index in [1.54, 1.807) is 0 Å². The Kier molecular flexibility index (Phi) is 3.01. The second-order valence-corrected chi connectivity index (χ2v) is 5.76. The highest BCUT2D eigenvalue weighted by Gasteiger charge is 2.50. The predicted octanol–water partition coefficient (Wildman–Crippen LogP) is 0.404. The molecular weight excluding hydrogens is 232 g/mol. The topological polar surface area (TPSA) is 60.9 Å².